The number of hydrogen-bond donors (Lipinski definition) is 0. The van der Waals surface area contributed by atoms with Crippen molar-refractivity contribution in [3.05, 3.63) is 112 Å². The molecule has 0 N–H and O–H groups in total. The van der Waals surface area contributed by atoms with Gasteiger partial charge in [0.2, 0.25) is 0 Å². The van der Waals surface area contributed by atoms with Crippen LogP contribution in [0.5, 0.6) is 28.7 Å². The minimum absolute atomic E-state index is 0.218. The van der Waals surface area contributed by atoms with Crippen LogP contribution in [0.1, 0.15) is 67.0 Å². The molecule has 0 saturated carbocycles. The van der Waals surface area contributed by atoms with E-state index in [1.807, 2.05) is 43.3 Å². The third-order valence-corrected chi connectivity index (χ3v) is 21.7. The van der Waals surface area contributed by atoms with Gasteiger partial charge in [-0.3, -0.25) is 4.79 Å². The minimum Gasteiger partial charge on any atom is -0.493 e. The average molecular weight is 845 g/mol. The Balaban J connectivity index is 1.26. The summed E-state index contributed by atoms with van der Waals surface area (Å²) in [6.07, 6.45) is 2.82. The number of carbonyl (C=O) groups excluding carboxylic acids is 2. The maximum atomic E-state index is 13.0. The van der Waals surface area contributed by atoms with Gasteiger partial charge in [-0.05, 0) is 149 Å². The average Bonchev–Trinajstić information content (AvgIpc) is 3.12. The van der Waals surface area contributed by atoms with E-state index >= 15 is 0 Å². The highest BCUT2D eigenvalue weighted by Crippen LogP contribution is 2.36. The number of methoxy groups -OCH3 is 2. The van der Waals surface area contributed by atoms with Crippen LogP contribution in [0, 0.1) is 13.8 Å². The highest BCUT2D eigenvalue weighted by molar-refractivity contribution is 6.87. The van der Waals surface area contributed by atoms with Gasteiger partial charge in [0.15, 0.2) is 39.6 Å². The van der Waals surface area contributed by atoms with Crippen LogP contribution in [0.4, 0.5) is 4.79 Å². The molecule has 9 nitrogen and oxygen atoms in total. The molecule has 0 amide bonds. The normalized spacial score (nSPS) is 12.2. The molecule has 0 radical (unpaired) electrons. The highest BCUT2D eigenvalue weighted by Gasteiger charge is 2.39. The largest absolute Gasteiger partial charge is 0.519 e. The molecule has 0 heterocycles. The molecule has 0 saturated heterocycles. The predicted octanol–water partition coefficient (Wildman–Crippen LogP) is 11.9. The second-order valence-electron chi connectivity index (χ2n) is 17.3. The Hall–Kier alpha value is -4.21. The first-order valence-electron chi connectivity index (χ1n) is 20.1. The van der Waals surface area contributed by atoms with Crippen LogP contribution in [-0.2, 0) is 31.3 Å². The van der Waals surface area contributed by atoms with Crippen molar-refractivity contribution >= 4 is 37.3 Å². The Bertz CT molecular complexity index is 2040. The lowest BCUT2D eigenvalue weighted by molar-refractivity contribution is -0.132. The van der Waals surface area contributed by atoms with E-state index in [0.717, 1.165) is 60.0 Å². The van der Waals surface area contributed by atoms with E-state index < -0.39 is 31.4 Å². The van der Waals surface area contributed by atoms with Gasteiger partial charge < -0.3 is 31.9 Å². The monoisotopic (exact) mass is 844 g/mol. The van der Waals surface area contributed by atoms with Gasteiger partial charge >= 0.3 is 20.7 Å². The zero-order valence-electron chi connectivity index (χ0n) is 36.9. The number of aryl methyl sites for hydroxylation is 4. The summed E-state index contributed by atoms with van der Waals surface area (Å²) in [5.41, 5.74) is 6.41. The Morgan fingerprint density at radius 1 is 0.586 bits per heavy atom. The van der Waals surface area contributed by atoms with Crippen LogP contribution in [0.3, 0.4) is 0 Å². The van der Waals surface area contributed by atoms with E-state index in [2.05, 4.69) is 90.4 Å². The number of benzene rings is 4. The molecule has 0 bridgehead atoms. The summed E-state index contributed by atoms with van der Waals surface area (Å²) >= 11 is 0. The van der Waals surface area contributed by atoms with E-state index in [0.29, 0.717) is 28.7 Å². The third-order valence-electron chi connectivity index (χ3n) is 10.3. The highest BCUT2D eigenvalue weighted by atomic mass is 28.5. The summed E-state index contributed by atoms with van der Waals surface area (Å²) in [5.74, 6) is 1.84. The first kappa shape index (κ1) is 46.5. The topological polar surface area (TPSA) is 98.8 Å². The molecule has 4 aromatic carbocycles. The SMILES string of the molecule is COc1cc(CCC[Si](C)(C)O[Si](C)(C)O[Si](C)(C)CCCc2ccc(OC(=O)Oc3ccc(C(C)(C)c4cccc(C)c4)cc3C)c(OC)c2)ccc1OC(C)=O. The summed E-state index contributed by atoms with van der Waals surface area (Å²) < 4.78 is 41.4. The maximum absolute atomic E-state index is 13.0. The summed E-state index contributed by atoms with van der Waals surface area (Å²) in [6.45, 7) is 23.2. The van der Waals surface area contributed by atoms with Gasteiger partial charge in [-0.1, -0.05) is 67.9 Å². The number of rotatable bonds is 19. The fraction of sp³-hybridized carbons (Fsp3) is 0.435. The van der Waals surface area contributed by atoms with Crippen molar-refractivity contribution in [3.8, 4) is 28.7 Å². The molecule has 58 heavy (non-hydrogen) atoms. The lowest BCUT2D eigenvalue weighted by Gasteiger charge is -2.39. The third kappa shape index (κ3) is 13.7. The van der Waals surface area contributed by atoms with E-state index in [1.54, 1.807) is 26.4 Å². The first-order valence-corrected chi connectivity index (χ1v) is 29.2. The second kappa shape index (κ2) is 19.7. The molecular weight excluding hydrogens is 781 g/mol. The molecule has 0 fully saturated rings. The maximum Gasteiger partial charge on any atom is 0.519 e. The van der Waals surface area contributed by atoms with E-state index in [-0.39, 0.29) is 11.4 Å². The van der Waals surface area contributed by atoms with Gasteiger partial charge in [0.25, 0.3) is 0 Å². The smallest absolute Gasteiger partial charge is 0.493 e. The van der Waals surface area contributed by atoms with Crippen LogP contribution in [0.15, 0.2) is 78.9 Å². The van der Waals surface area contributed by atoms with Gasteiger partial charge in [0, 0.05) is 12.3 Å². The number of esters is 1. The molecule has 4 aromatic rings. The molecule has 0 aliphatic heterocycles. The minimum atomic E-state index is -2.39. The van der Waals surface area contributed by atoms with E-state index in [4.69, 9.17) is 31.9 Å². The molecule has 0 aromatic heterocycles. The standard InChI is InChI=1S/C46H64O9Si3/c1-33-17-14-20-38(29-33)46(4,5)39-23-26-40(34(2)30-39)52-45(48)53-42-25-22-37(32-44(42)50-7)19-16-28-57(10,11)55-58(12,13)54-56(8,9)27-15-18-36-21-24-41(51-35(3)47)43(31-36)49-6/h14,17,20-26,29-32H,15-16,18-19,27-28H2,1-13H3. The lowest BCUT2D eigenvalue weighted by atomic mass is 9.77. The summed E-state index contributed by atoms with van der Waals surface area (Å²) in [4.78, 5) is 24.4. The van der Waals surface area contributed by atoms with E-state index in [9.17, 15) is 9.59 Å². The summed E-state index contributed by atoms with van der Waals surface area (Å²) in [7, 11) is -3.30. The van der Waals surface area contributed by atoms with Crippen molar-refractivity contribution in [1.82, 2.24) is 0 Å². The van der Waals surface area contributed by atoms with Gasteiger partial charge in [0.1, 0.15) is 5.75 Å². The van der Waals surface area contributed by atoms with Gasteiger partial charge in [-0.15, -0.1) is 0 Å². The van der Waals surface area contributed by atoms with Gasteiger partial charge in [-0.2, -0.15) is 0 Å². The van der Waals surface area contributed by atoms with Crippen LogP contribution in [0.2, 0.25) is 51.4 Å². The van der Waals surface area contributed by atoms with Crippen molar-refractivity contribution in [1.29, 1.82) is 0 Å². The Labute approximate surface area is 349 Å². The fourth-order valence-electron chi connectivity index (χ4n) is 7.50. The Morgan fingerprint density at radius 3 is 1.55 bits per heavy atom. The van der Waals surface area contributed by atoms with Crippen LogP contribution in [-0.4, -0.2) is 51.5 Å². The van der Waals surface area contributed by atoms with Crippen LogP contribution >= 0.6 is 0 Å². The van der Waals surface area contributed by atoms with Gasteiger partial charge in [-0.25, -0.2) is 4.79 Å². The molecular formula is C46H64O9Si3. The lowest BCUT2D eigenvalue weighted by Crippen LogP contribution is -2.52. The molecule has 0 unspecified atom stereocenters. The van der Waals surface area contributed by atoms with Crippen molar-refractivity contribution in [2.45, 2.75) is 117 Å². The molecule has 0 atom stereocenters. The van der Waals surface area contributed by atoms with Crippen molar-refractivity contribution in [2.24, 2.45) is 0 Å². The molecule has 0 spiro atoms. The van der Waals surface area contributed by atoms with Crippen LogP contribution < -0.4 is 23.7 Å². The number of ether oxygens (including phenoxy) is 5. The molecule has 314 valence electrons. The van der Waals surface area contributed by atoms with Crippen molar-refractivity contribution in [3.63, 3.8) is 0 Å². The zero-order valence-corrected chi connectivity index (χ0v) is 39.9. The Kier molecular flexibility index (Phi) is 15.8. The van der Waals surface area contributed by atoms with Crippen molar-refractivity contribution < 1.29 is 41.5 Å². The summed E-state index contributed by atoms with van der Waals surface area (Å²) in [6, 6.07) is 27.8. The molecule has 12 heteroatoms. The van der Waals surface area contributed by atoms with Gasteiger partial charge in [0.05, 0.1) is 14.2 Å². The Morgan fingerprint density at radius 2 is 1.07 bits per heavy atom. The fourth-order valence-corrected chi connectivity index (χ4v) is 21.6. The molecule has 4 rings (SSSR count). The quantitative estimate of drug-likeness (QED) is 0.0395. The first-order chi connectivity index (χ1) is 27.1. The van der Waals surface area contributed by atoms with Crippen molar-refractivity contribution in [2.75, 3.05) is 14.2 Å². The van der Waals surface area contributed by atoms with E-state index in [1.165, 1.54) is 18.1 Å². The summed E-state index contributed by atoms with van der Waals surface area (Å²) in [5, 5.41) is 0. The molecule has 0 aliphatic carbocycles. The zero-order chi connectivity index (χ0) is 42.9. The predicted molar refractivity (Wildman–Crippen MR) is 239 cm³/mol. The second-order valence-corrected chi connectivity index (χ2v) is 29.8. The number of carbonyl (C=O) groups is 2. The number of hydrogen-bond acceptors (Lipinski definition) is 9. The van der Waals surface area contributed by atoms with Crippen LogP contribution in [0.25, 0.3) is 0 Å². The molecule has 0 aliphatic rings.